The molecule has 136 valence electrons. The van der Waals surface area contributed by atoms with E-state index in [1.807, 2.05) is 0 Å². The summed E-state index contributed by atoms with van der Waals surface area (Å²) < 4.78 is 26.8. The van der Waals surface area contributed by atoms with Crippen molar-refractivity contribution in [3.63, 3.8) is 0 Å². The summed E-state index contributed by atoms with van der Waals surface area (Å²) in [5.41, 5.74) is 0.489. The van der Waals surface area contributed by atoms with Crippen molar-refractivity contribution < 1.29 is 28.5 Å². The van der Waals surface area contributed by atoms with Crippen LogP contribution in [0, 0.1) is 0 Å². The van der Waals surface area contributed by atoms with E-state index in [1.54, 1.807) is 18.2 Å². The number of phenols is 1. The SMILES string of the molecule is COc1ccc(-c2cc(=O)c3c(OC)c(OC)c(OC)cc3o2)cc1O. The monoisotopic (exact) mass is 358 g/mol. The van der Waals surface area contributed by atoms with Crippen LogP contribution in [0.1, 0.15) is 0 Å². The van der Waals surface area contributed by atoms with E-state index >= 15 is 0 Å². The van der Waals surface area contributed by atoms with Gasteiger partial charge in [0.05, 0.1) is 28.4 Å². The van der Waals surface area contributed by atoms with Crippen molar-refractivity contribution in [2.45, 2.75) is 0 Å². The largest absolute Gasteiger partial charge is 0.504 e. The summed E-state index contributed by atoms with van der Waals surface area (Å²) in [6, 6.07) is 7.62. The second-order valence-corrected chi connectivity index (χ2v) is 5.38. The van der Waals surface area contributed by atoms with Gasteiger partial charge in [-0.25, -0.2) is 0 Å². The number of aromatic hydroxyl groups is 1. The van der Waals surface area contributed by atoms with Crippen LogP contribution < -0.4 is 24.4 Å². The number of fused-ring (bicyclic) bond motifs is 1. The van der Waals surface area contributed by atoms with Gasteiger partial charge in [-0.05, 0) is 18.2 Å². The molecule has 0 unspecified atom stereocenters. The van der Waals surface area contributed by atoms with Gasteiger partial charge < -0.3 is 28.5 Å². The van der Waals surface area contributed by atoms with Crippen molar-refractivity contribution in [2.75, 3.05) is 28.4 Å². The molecule has 0 amide bonds. The number of ether oxygens (including phenoxy) is 4. The van der Waals surface area contributed by atoms with Crippen LogP contribution in [0.15, 0.2) is 39.5 Å². The van der Waals surface area contributed by atoms with Gasteiger partial charge in [0, 0.05) is 17.7 Å². The predicted octanol–water partition coefficient (Wildman–Crippen LogP) is 3.20. The zero-order chi connectivity index (χ0) is 18.8. The summed E-state index contributed by atoms with van der Waals surface area (Å²) in [5.74, 6) is 1.47. The molecule has 26 heavy (non-hydrogen) atoms. The molecule has 1 aromatic heterocycles. The van der Waals surface area contributed by atoms with E-state index in [4.69, 9.17) is 23.4 Å². The molecular weight excluding hydrogens is 340 g/mol. The molecule has 7 heteroatoms. The smallest absolute Gasteiger partial charge is 0.204 e. The van der Waals surface area contributed by atoms with Crippen molar-refractivity contribution in [1.82, 2.24) is 0 Å². The Labute approximate surface area is 149 Å². The van der Waals surface area contributed by atoms with Crippen LogP contribution in [0.2, 0.25) is 0 Å². The Morgan fingerprint density at radius 3 is 2.12 bits per heavy atom. The minimum absolute atomic E-state index is 0.0577. The lowest BCUT2D eigenvalue weighted by molar-refractivity contribution is 0.326. The van der Waals surface area contributed by atoms with Crippen LogP contribution in [-0.2, 0) is 0 Å². The Hall–Kier alpha value is -3.35. The van der Waals surface area contributed by atoms with Crippen LogP contribution >= 0.6 is 0 Å². The number of rotatable bonds is 5. The summed E-state index contributed by atoms with van der Waals surface area (Å²) in [5, 5.41) is 10.2. The molecule has 2 aromatic carbocycles. The Bertz CT molecular complexity index is 1020. The second kappa shape index (κ2) is 6.87. The quantitative estimate of drug-likeness (QED) is 0.749. The summed E-state index contributed by atoms with van der Waals surface area (Å²) in [6.45, 7) is 0. The molecule has 0 spiro atoms. The van der Waals surface area contributed by atoms with Gasteiger partial charge >= 0.3 is 0 Å². The van der Waals surface area contributed by atoms with Gasteiger partial charge in [-0.3, -0.25) is 4.79 Å². The number of hydrogen-bond donors (Lipinski definition) is 1. The lowest BCUT2D eigenvalue weighted by Crippen LogP contribution is -2.05. The third-order valence-electron chi connectivity index (χ3n) is 3.99. The fourth-order valence-electron chi connectivity index (χ4n) is 2.77. The Balaban J connectivity index is 2.28. The molecule has 0 saturated carbocycles. The summed E-state index contributed by atoms with van der Waals surface area (Å²) in [4.78, 5) is 12.7. The number of phenolic OH excluding ortho intramolecular Hbond substituents is 1. The fraction of sp³-hybridized carbons (Fsp3) is 0.211. The molecule has 0 fully saturated rings. The van der Waals surface area contributed by atoms with Crippen LogP contribution in [0.5, 0.6) is 28.7 Å². The summed E-state index contributed by atoms with van der Waals surface area (Å²) >= 11 is 0. The van der Waals surface area contributed by atoms with Crippen LogP contribution in [0.25, 0.3) is 22.3 Å². The van der Waals surface area contributed by atoms with Gasteiger partial charge in [0.25, 0.3) is 0 Å². The van der Waals surface area contributed by atoms with E-state index in [0.717, 1.165) is 0 Å². The molecule has 0 aliphatic rings. The molecule has 1 N–H and O–H groups in total. The zero-order valence-electron chi connectivity index (χ0n) is 14.8. The average molecular weight is 358 g/mol. The zero-order valence-corrected chi connectivity index (χ0v) is 14.8. The molecule has 0 aliphatic carbocycles. The van der Waals surface area contributed by atoms with Gasteiger partial charge in [-0.1, -0.05) is 0 Å². The summed E-state index contributed by atoms with van der Waals surface area (Å²) in [6.07, 6.45) is 0. The highest BCUT2D eigenvalue weighted by Crippen LogP contribution is 2.43. The molecule has 3 rings (SSSR count). The lowest BCUT2D eigenvalue weighted by Gasteiger charge is -2.14. The fourth-order valence-corrected chi connectivity index (χ4v) is 2.77. The maximum Gasteiger partial charge on any atom is 0.204 e. The second-order valence-electron chi connectivity index (χ2n) is 5.38. The first-order valence-corrected chi connectivity index (χ1v) is 7.68. The minimum Gasteiger partial charge on any atom is -0.504 e. The van der Waals surface area contributed by atoms with Crippen LogP contribution in [0.3, 0.4) is 0 Å². The topological polar surface area (TPSA) is 87.4 Å². The predicted molar refractivity (Wildman–Crippen MR) is 95.8 cm³/mol. The normalized spacial score (nSPS) is 10.6. The van der Waals surface area contributed by atoms with Crippen molar-refractivity contribution >= 4 is 11.0 Å². The van der Waals surface area contributed by atoms with E-state index in [-0.39, 0.29) is 33.7 Å². The molecule has 0 radical (unpaired) electrons. The Morgan fingerprint density at radius 1 is 0.846 bits per heavy atom. The van der Waals surface area contributed by atoms with Crippen molar-refractivity contribution in [3.05, 3.63) is 40.6 Å². The van der Waals surface area contributed by atoms with Crippen molar-refractivity contribution in [1.29, 1.82) is 0 Å². The standard InChI is InChI=1S/C19H18O7/c1-22-13-6-5-10(7-11(13)20)14-8-12(21)17-15(26-14)9-16(23-2)18(24-3)19(17)25-4/h5-9,20H,1-4H3. The maximum absolute atomic E-state index is 12.7. The lowest BCUT2D eigenvalue weighted by atomic mass is 10.1. The highest BCUT2D eigenvalue weighted by Gasteiger charge is 2.21. The van der Waals surface area contributed by atoms with Crippen molar-refractivity contribution in [3.8, 4) is 40.1 Å². The molecule has 0 atom stereocenters. The number of hydrogen-bond acceptors (Lipinski definition) is 7. The number of methoxy groups -OCH3 is 4. The highest BCUT2D eigenvalue weighted by molar-refractivity contribution is 5.90. The molecule has 1 heterocycles. The van der Waals surface area contributed by atoms with Gasteiger partial charge in [0.1, 0.15) is 16.7 Å². The first kappa shape index (κ1) is 17.5. The van der Waals surface area contributed by atoms with E-state index in [0.29, 0.717) is 22.8 Å². The van der Waals surface area contributed by atoms with Gasteiger partial charge in [0.15, 0.2) is 28.4 Å². The third-order valence-corrected chi connectivity index (χ3v) is 3.99. The molecule has 3 aromatic rings. The maximum atomic E-state index is 12.7. The Kier molecular flexibility index (Phi) is 4.62. The Morgan fingerprint density at radius 2 is 1.54 bits per heavy atom. The molecule has 0 aliphatic heterocycles. The van der Waals surface area contributed by atoms with Gasteiger partial charge in [0.2, 0.25) is 5.75 Å². The van der Waals surface area contributed by atoms with Crippen LogP contribution in [0.4, 0.5) is 0 Å². The van der Waals surface area contributed by atoms with Crippen LogP contribution in [-0.4, -0.2) is 33.5 Å². The average Bonchev–Trinajstić information content (AvgIpc) is 2.65. The molecule has 7 nitrogen and oxygen atoms in total. The van der Waals surface area contributed by atoms with Gasteiger partial charge in [-0.2, -0.15) is 0 Å². The third kappa shape index (κ3) is 2.77. The minimum atomic E-state index is -0.311. The summed E-state index contributed by atoms with van der Waals surface area (Å²) in [7, 11) is 5.83. The first-order valence-electron chi connectivity index (χ1n) is 7.68. The van der Waals surface area contributed by atoms with Gasteiger partial charge in [-0.15, -0.1) is 0 Å². The number of benzene rings is 2. The van der Waals surface area contributed by atoms with E-state index in [1.165, 1.54) is 40.6 Å². The molecule has 0 bridgehead atoms. The van der Waals surface area contributed by atoms with E-state index in [9.17, 15) is 9.90 Å². The highest BCUT2D eigenvalue weighted by atomic mass is 16.5. The molecular formula is C19H18O7. The molecule has 0 saturated heterocycles. The van der Waals surface area contributed by atoms with E-state index in [2.05, 4.69) is 0 Å². The first-order chi connectivity index (χ1) is 12.5. The van der Waals surface area contributed by atoms with E-state index < -0.39 is 0 Å². The van der Waals surface area contributed by atoms with Crippen molar-refractivity contribution in [2.24, 2.45) is 0 Å².